The Bertz CT molecular complexity index is 714. The predicted molar refractivity (Wildman–Crippen MR) is 85.9 cm³/mol. The topological polar surface area (TPSA) is 94.3 Å². The molecule has 0 aliphatic rings. The Kier molecular flexibility index (Phi) is 5.15. The Labute approximate surface area is 138 Å². The number of carbonyl (C=O) groups excluding carboxylic acids is 2. The Morgan fingerprint density at radius 3 is 2.52 bits per heavy atom. The van der Waals surface area contributed by atoms with E-state index in [0.717, 1.165) is 11.3 Å². The van der Waals surface area contributed by atoms with Crippen LogP contribution in [-0.4, -0.2) is 28.6 Å². The normalized spacial score (nSPS) is 10.9. The van der Waals surface area contributed by atoms with Crippen LogP contribution in [0.5, 0.6) is 0 Å². The van der Waals surface area contributed by atoms with Crippen LogP contribution in [0.15, 0.2) is 4.52 Å². The van der Waals surface area contributed by atoms with E-state index in [1.54, 1.807) is 20.8 Å². The van der Waals surface area contributed by atoms with Gasteiger partial charge in [0.15, 0.2) is 5.13 Å². The van der Waals surface area contributed by atoms with Crippen LogP contribution in [0.2, 0.25) is 0 Å². The van der Waals surface area contributed by atoms with Crippen LogP contribution in [0.1, 0.15) is 51.0 Å². The molecular weight excluding hydrogens is 318 g/mol. The summed E-state index contributed by atoms with van der Waals surface area (Å²) in [5.41, 5.74) is 1.41. The fourth-order valence-electron chi connectivity index (χ4n) is 1.91. The molecule has 2 heterocycles. The smallest absolute Gasteiger partial charge is 0.350 e. The van der Waals surface area contributed by atoms with Gasteiger partial charge >= 0.3 is 5.97 Å². The lowest BCUT2D eigenvalue weighted by molar-refractivity contribution is 0.0463. The standard InChI is InChI=1S/C15H19N3O4S/c1-7(2)6-21-14(20)12-9(4)16-15(23-12)17-13(19)11-8(3)18-22-10(11)5/h7H,6H2,1-5H3,(H,16,17,19). The molecule has 0 aliphatic heterocycles. The number of nitrogens with zero attached hydrogens (tertiary/aromatic N) is 2. The van der Waals surface area contributed by atoms with Gasteiger partial charge in [0, 0.05) is 0 Å². The molecule has 0 aromatic carbocycles. The van der Waals surface area contributed by atoms with Crippen molar-refractivity contribution < 1.29 is 18.8 Å². The van der Waals surface area contributed by atoms with Gasteiger partial charge in [-0.15, -0.1) is 0 Å². The molecule has 0 saturated heterocycles. The maximum atomic E-state index is 12.3. The molecule has 0 aliphatic carbocycles. The number of amides is 1. The largest absolute Gasteiger partial charge is 0.461 e. The second-order valence-electron chi connectivity index (χ2n) is 5.58. The molecule has 7 nitrogen and oxygen atoms in total. The van der Waals surface area contributed by atoms with Gasteiger partial charge in [-0.3, -0.25) is 10.1 Å². The molecule has 2 aromatic heterocycles. The zero-order chi connectivity index (χ0) is 17.1. The van der Waals surface area contributed by atoms with Gasteiger partial charge in [-0.25, -0.2) is 9.78 Å². The molecule has 2 rings (SSSR count). The van der Waals surface area contributed by atoms with Crippen LogP contribution >= 0.6 is 11.3 Å². The maximum Gasteiger partial charge on any atom is 0.350 e. The van der Waals surface area contributed by atoms with Crippen LogP contribution in [0.25, 0.3) is 0 Å². The fourth-order valence-corrected chi connectivity index (χ4v) is 2.77. The van der Waals surface area contributed by atoms with Gasteiger partial charge in [0.1, 0.15) is 16.2 Å². The maximum absolute atomic E-state index is 12.3. The first-order valence-electron chi connectivity index (χ1n) is 7.18. The van der Waals surface area contributed by atoms with Crippen LogP contribution < -0.4 is 5.32 Å². The van der Waals surface area contributed by atoms with Crippen molar-refractivity contribution in [1.82, 2.24) is 10.1 Å². The van der Waals surface area contributed by atoms with E-state index in [4.69, 9.17) is 9.26 Å². The van der Waals surface area contributed by atoms with Gasteiger partial charge in [0.25, 0.3) is 5.91 Å². The number of aromatic nitrogens is 2. The number of carbonyl (C=O) groups is 2. The van der Waals surface area contributed by atoms with Gasteiger partial charge in [-0.05, 0) is 26.7 Å². The van der Waals surface area contributed by atoms with Crippen LogP contribution in [0, 0.1) is 26.7 Å². The molecule has 2 aromatic rings. The van der Waals surface area contributed by atoms with Gasteiger partial charge < -0.3 is 9.26 Å². The Hall–Kier alpha value is -2.22. The molecular formula is C15H19N3O4S. The molecule has 0 atom stereocenters. The third-order valence-electron chi connectivity index (χ3n) is 3.01. The SMILES string of the molecule is Cc1nc(NC(=O)c2c(C)noc2C)sc1C(=O)OCC(C)C. The summed E-state index contributed by atoms with van der Waals surface area (Å²) in [5, 5.41) is 6.75. The first-order valence-corrected chi connectivity index (χ1v) is 8.00. The molecule has 0 spiro atoms. The summed E-state index contributed by atoms with van der Waals surface area (Å²) in [7, 11) is 0. The highest BCUT2D eigenvalue weighted by atomic mass is 32.1. The summed E-state index contributed by atoms with van der Waals surface area (Å²) in [6.45, 7) is 9.32. The van der Waals surface area contributed by atoms with Crippen molar-refractivity contribution in [2.45, 2.75) is 34.6 Å². The molecule has 0 fully saturated rings. The number of hydrogen-bond acceptors (Lipinski definition) is 7. The summed E-state index contributed by atoms with van der Waals surface area (Å²) >= 11 is 1.09. The lowest BCUT2D eigenvalue weighted by atomic mass is 10.2. The first-order chi connectivity index (χ1) is 10.8. The molecule has 0 bridgehead atoms. The monoisotopic (exact) mass is 337 g/mol. The Morgan fingerprint density at radius 2 is 1.96 bits per heavy atom. The summed E-state index contributed by atoms with van der Waals surface area (Å²) in [6.07, 6.45) is 0. The van der Waals surface area contributed by atoms with Crippen molar-refractivity contribution in [2.24, 2.45) is 5.92 Å². The molecule has 124 valence electrons. The minimum atomic E-state index is -0.425. The summed E-state index contributed by atoms with van der Waals surface area (Å²) in [5.74, 6) is -0.0978. The van der Waals surface area contributed by atoms with Crippen molar-refractivity contribution in [1.29, 1.82) is 0 Å². The lowest BCUT2D eigenvalue weighted by Crippen LogP contribution is -2.13. The number of aryl methyl sites for hydroxylation is 3. The summed E-state index contributed by atoms with van der Waals surface area (Å²) in [4.78, 5) is 28.9. The Morgan fingerprint density at radius 1 is 1.26 bits per heavy atom. The zero-order valence-electron chi connectivity index (χ0n) is 13.7. The van der Waals surface area contributed by atoms with E-state index >= 15 is 0 Å². The van der Waals surface area contributed by atoms with Crippen molar-refractivity contribution >= 4 is 28.3 Å². The predicted octanol–water partition coefficient (Wildman–Crippen LogP) is 3.12. The van der Waals surface area contributed by atoms with E-state index in [2.05, 4.69) is 15.5 Å². The minimum absolute atomic E-state index is 0.255. The number of hydrogen-bond donors (Lipinski definition) is 1. The average Bonchev–Trinajstić information content (AvgIpc) is 2.99. The van der Waals surface area contributed by atoms with Crippen LogP contribution in [0.3, 0.4) is 0 Å². The summed E-state index contributed by atoms with van der Waals surface area (Å²) in [6, 6.07) is 0. The summed E-state index contributed by atoms with van der Waals surface area (Å²) < 4.78 is 10.2. The lowest BCUT2D eigenvalue weighted by Gasteiger charge is -2.05. The van der Waals surface area contributed by atoms with Crippen molar-refractivity contribution in [3.8, 4) is 0 Å². The molecule has 0 radical (unpaired) electrons. The molecule has 0 unspecified atom stereocenters. The highest BCUT2D eigenvalue weighted by Gasteiger charge is 2.21. The zero-order valence-corrected chi connectivity index (χ0v) is 14.5. The molecule has 1 N–H and O–H groups in total. The molecule has 23 heavy (non-hydrogen) atoms. The van der Waals surface area contributed by atoms with E-state index in [0.29, 0.717) is 39.3 Å². The van der Waals surface area contributed by atoms with E-state index in [9.17, 15) is 9.59 Å². The number of esters is 1. The highest BCUT2D eigenvalue weighted by molar-refractivity contribution is 7.17. The van der Waals surface area contributed by atoms with Crippen molar-refractivity contribution in [3.05, 3.63) is 27.6 Å². The third-order valence-corrected chi connectivity index (χ3v) is 4.06. The van der Waals surface area contributed by atoms with Gasteiger partial charge in [0.05, 0.1) is 18.0 Å². The van der Waals surface area contributed by atoms with E-state index < -0.39 is 5.97 Å². The molecule has 1 amide bonds. The van der Waals surface area contributed by atoms with E-state index in [-0.39, 0.29) is 11.8 Å². The van der Waals surface area contributed by atoms with Crippen molar-refractivity contribution in [2.75, 3.05) is 11.9 Å². The number of rotatable bonds is 5. The minimum Gasteiger partial charge on any atom is -0.461 e. The van der Waals surface area contributed by atoms with Crippen molar-refractivity contribution in [3.63, 3.8) is 0 Å². The number of anilines is 1. The number of nitrogens with one attached hydrogen (secondary N) is 1. The number of thiazole rings is 1. The van der Waals surface area contributed by atoms with Gasteiger partial charge in [-0.1, -0.05) is 30.3 Å². The molecule has 0 saturated carbocycles. The average molecular weight is 337 g/mol. The van der Waals surface area contributed by atoms with Gasteiger partial charge in [0.2, 0.25) is 0 Å². The quantitative estimate of drug-likeness (QED) is 0.842. The Balaban J connectivity index is 2.12. The number of ether oxygens (including phenoxy) is 1. The highest BCUT2D eigenvalue weighted by Crippen LogP contribution is 2.25. The van der Waals surface area contributed by atoms with Gasteiger partial charge in [-0.2, -0.15) is 0 Å². The second-order valence-corrected chi connectivity index (χ2v) is 6.58. The third kappa shape index (κ3) is 3.95. The van der Waals surface area contributed by atoms with Crippen LogP contribution in [0.4, 0.5) is 5.13 Å². The van der Waals surface area contributed by atoms with Crippen LogP contribution in [-0.2, 0) is 4.74 Å². The fraction of sp³-hybridized carbons (Fsp3) is 0.467. The first kappa shape index (κ1) is 17.1. The molecule has 8 heteroatoms. The van der Waals surface area contributed by atoms with E-state index in [1.807, 2.05) is 13.8 Å². The second kappa shape index (κ2) is 6.91. The van der Waals surface area contributed by atoms with E-state index in [1.165, 1.54) is 0 Å².